The third kappa shape index (κ3) is 3.01. The number of benzene rings is 2. The van der Waals surface area contributed by atoms with E-state index >= 15 is 0 Å². The van der Waals surface area contributed by atoms with Gasteiger partial charge in [0.05, 0.1) is 0 Å². The van der Waals surface area contributed by atoms with E-state index in [1.807, 2.05) is 37.3 Å². The Morgan fingerprint density at radius 2 is 1.68 bits per heavy atom. The molecule has 0 spiro atoms. The molecular weight excluding hydrogens is 242 g/mol. The molecule has 0 aromatic heterocycles. The van der Waals surface area contributed by atoms with Crippen LogP contribution in [-0.4, -0.2) is 0 Å². The molecular formula is C17H18F2. The van der Waals surface area contributed by atoms with Gasteiger partial charge in [-0.05, 0) is 35.1 Å². The highest BCUT2D eigenvalue weighted by Crippen LogP contribution is 2.28. The molecule has 100 valence electrons. The second kappa shape index (κ2) is 5.96. The van der Waals surface area contributed by atoms with E-state index in [9.17, 15) is 8.78 Å². The van der Waals surface area contributed by atoms with Crippen molar-refractivity contribution in [1.29, 1.82) is 0 Å². The first-order valence-corrected chi connectivity index (χ1v) is 6.64. The van der Waals surface area contributed by atoms with Crippen LogP contribution in [0.15, 0.2) is 42.5 Å². The van der Waals surface area contributed by atoms with Gasteiger partial charge in [-0.2, -0.15) is 0 Å². The van der Waals surface area contributed by atoms with Gasteiger partial charge in [-0.1, -0.05) is 50.2 Å². The minimum Gasteiger partial charge on any atom is -0.204 e. The van der Waals surface area contributed by atoms with Gasteiger partial charge < -0.3 is 0 Å². The average Bonchev–Trinajstić information content (AvgIpc) is 2.44. The van der Waals surface area contributed by atoms with Crippen LogP contribution in [0.4, 0.5) is 8.78 Å². The zero-order valence-electron chi connectivity index (χ0n) is 11.3. The van der Waals surface area contributed by atoms with Gasteiger partial charge in [-0.25, -0.2) is 8.78 Å². The van der Waals surface area contributed by atoms with Gasteiger partial charge in [0.25, 0.3) is 0 Å². The van der Waals surface area contributed by atoms with Crippen molar-refractivity contribution in [2.24, 2.45) is 0 Å². The topological polar surface area (TPSA) is 0 Å². The molecule has 0 radical (unpaired) electrons. The molecule has 0 saturated carbocycles. The normalized spacial score (nSPS) is 12.4. The van der Waals surface area contributed by atoms with Crippen LogP contribution in [-0.2, 0) is 6.42 Å². The molecule has 2 rings (SSSR count). The molecule has 2 aromatic rings. The van der Waals surface area contributed by atoms with Crippen LogP contribution >= 0.6 is 0 Å². The molecule has 0 nitrogen and oxygen atoms in total. The van der Waals surface area contributed by atoms with Crippen molar-refractivity contribution in [2.75, 3.05) is 0 Å². The maximum atomic E-state index is 14.1. The quantitative estimate of drug-likeness (QED) is 0.720. The molecule has 0 aliphatic heterocycles. The molecule has 0 aliphatic rings. The van der Waals surface area contributed by atoms with Crippen molar-refractivity contribution in [1.82, 2.24) is 0 Å². The molecule has 0 N–H and O–H groups in total. The number of hydrogen-bond donors (Lipinski definition) is 0. The first-order chi connectivity index (χ1) is 9.13. The van der Waals surface area contributed by atoms with Crippen molar-refractivity contribution in [3.8, 4) is 0 Å². The van der Waals surface area contributed by atoms with Crippen molar-refractivity contribution in [3.63, 3.8) is 0 Å². The molecule has 0 aliphatic carbocycles. The Bertz CT molecular complexity index is 547. The van der Waals surface area contributed by atoms with Gasteiger partial charge in [0.2, 0.25) is 0 Å². The van der Waals surface area contributed by atoms with Crippen LogP contribution in [0.3, 0.4) is 0 Å². The van der Waals surface area contributed by atoms with E-state index in [0.717, 1.165) is 17.5 Å². The third-order valence-electron chi connectivity index (χ3n) is 3.60. The van der Waals surface area contributed by atoms with Crippen molar-refractivity contribution < 1.29 is 8.78 Å². The Kier molecular flexibility index (Phi) is 4.31. The van der Waals surface area contributed by atoms with Crippen LogP contribution in [0.1, 0.15) is 42.9 Å². The van der Waals surface area contributed by atoms with E-state index in [1.54, 1.807) is 6.07 Å². The number of rotatable bonds is 4. The summed E-state index contributed by atoms with van der Waals surface area (Å²) in [5, 5.41) is 0. The summed E-state index contributed by atoms with van der Waals surface area (Å²) in [6.45, 7) is 4.10. The Labute approximate surface area is 113 Å². The van der Waals surface area contributed by atoms with Crippen molar-refractivity contribution >= 4 is 0 Å². The van der Waals surface area contributed by atoms with E-state index in [1.165, 1.54) is 6.07 Å². The van der Waals surface area contributed by atoms with E-state index in [-0.39, 0.29) is 5.92 Å². The molecule has 0 bridgehead atoms. The van der Waals surface area contributed by atoms with Crippen molar-refractivity contribution in [3.05, 3.63) is 70.8 Å². The minimum absolute atomic E-state index is 0.230. The van der Waals surface area contributed by atoms with Gasteiger partial charge in [0.1, 0.15) is 0 Å². The fourth-order valence-corrected chi connectivity index (χ4v) is 2.27. The summed E-state index contributed by atoms with van der Waals surface area (Å²) in [4.78, 5) is 0. The summed E-state index contributed by atoms with van der Waals surface area (Å²) >= 11 is 0. The SMILES string of the molecule is CCC(C)c1ccc(F)c(F)c1Cc1ccccc1. The lowest BCUT2D eigenvalue weighted by Crippen LogP contribution is -2.05. The van der Waals surface area contributed by atoms with Crippen LogP contribution < -0.4 is 0 Å². The fourth-order valence-electron chi connectivity index (χ4n) is 2.27. The lowest BCUT2D eigenvalue weighted by molar-refractivity contribution is 0.496. The molecule has 2 heteroatoms. The lowest BCUT2D eigenvalue weighted by Gasteiger charge is -2.16. The lowest BCUT2D eigenvalue weighted by atomic mass is 9.90. The summed E-state index contributed by atoms with van der Waals surface area (Å²) in [5.74, 6) is -1.24. The molecule has 19 heavy (non-hydrogen) atoms. The molecule has 2 aromatic carbocycles. The Hall–Kier alpha value is -1.70. The average molecular weight is 260 g/mol. The fraction of sp³-hybridized carbons (Fsp3) is 0.294. The van der Waals surface area contributed by atoms with Gasteiger partial charge >= 0.3 is 0 Å². The summed E-state index contributed by atoms with van der Waals surface area (Å²) in [5.41, 5.74) is 2.39. The zero-order valence-corrected chi connectivity index (χ0v) is 11.3. The highest BCUT2D eigenvalue weighted by atomic mass is 19.2. The van der Waals surface area contributed by atoms with E-state index in [0.29, 0.717) is 12.0 Å². The first-order valence-electron chi connectivity index (χ1n) is 6.64. The second-order valence-corrected chi connectivity index (χ2v) is 4.90. The Morgan fingerprint density at radius 1 is 1.00 bits per heavy atom. The molecule has 0 heterocycles. The summed E-state index contributed by atoms with van der Waals surface area (Å²) in [6, 6.07) is 12.6. The highest BCUT2D eigenvalue weighted by Gasteiger charge is 2.17. The molecule has 1 atom stereocenters. The Morgan fingerprint density at radius 3 is 2.32 bits per heavy atom. The van der Waals surface area contributed by atoms with Crippen LogP contribution in [0.5, 0.6) is 0 Å². The van der Waals surface area contributed by atoms with Crippen LogP contribution in [0, 0.1) is 11.6 Å². The van der Waals surface area contributed by atoms with Gasteiger partial charge in [0.15, 0.2) is 11.6 Å². The predicted octanol–water partition coefficient (Wildman–Crippen LogP) is 5.07. The summed E-state index contributed by atoms with van der Waals surface area (Å²) in [7, 11) is 0. The smallest absolute Gasteiger partial charge is 0.162 e. The maximum Gasteiger partial charge on any atom is 0.162 e. The summed E-state index contributed by atoms with van der Waals surface area (Å²) < 4.78 is 27.5. The third-order valence-corrected chi connectivity index (χ3v) is 3.60. The van der Waals surface area contributed by atoms with Gasteiger partial charge in [-0.15, -0.1) is 0 Å². The monoisotopic (exact) mass is 260 g/mol. The van der Waals surface area contributed by atoms with Crippen LogP contribution in [0.25, 0.3) is 0 Å². The molecule has 0 fully saturated rings. The van der Waals surface area contributed by atoms with Crippen LogP contribution in [0.2, 0.25) is 0 Å². The van der Waals surface area contributed by atoms with E-state index in [2.05, 4.69) is 6.92 Å². The van der Waals surface area contributed by atoms with E-state index in [4.69, 9.17) is 0 Å². The minimum atomic E-state index is -0.766. The predicted molar refractivity (Wildman–Crippen MR) is 74.3 cm³/mol. The van der Waals surface area contributed by atoms with E-state index < -0.39 is 11.6 Å². The summed E-state index contributed by atoms with van der Waals surface area (Å²) in [6.07, 6.45) is 1.34. The second-order valence-electron chi connectivity index (χ2n) is 4.90. The highest BCUT2D eigenvalue weighted by molar-refractivity contribution is 5.36. The largest absolute Gasteiger partial charge is 0.204 e. The molecule has 0 amide bonds. The standard InChI is InChI=1S/C17H18F2/c1-3-12(2)14-9-10-16(18)17(19)15(14)11-13-7-5-4-6-8-13/h4-10,12H,3,11H2,1-2H3. The number of hydrogen-bond acceptors (Lipinski definition) is 0. The van der Waals surface area contributed by atoms with Gasteiger partial charge in [0, 0.05) is 6.42 Å². The number of halogens is 2. The molecule has 1 unspecified atom stereocenters. The van der Waals surface area contributed by atoms with Crippen molar-refractivity contribution in [2.45, 2.75) is 32.6 Å². The van der Waals surface area contributed by atoms with Gasteiger partial charge in [-0.3, -0.25) is 0 Å². The Balaban J connectivity index is 2.44. The zero-order chi connectivity index (χ0) is 13.8. The molecule has 0 saturated heterocycles. The first kappa shape index (κ1) is 13.7. The maximum absolute atomic E-state index is 14.1.